The molecule has 15 heteroatoms. The first-order valence-corrected chi connectivity index (χ1v) is 15.4. The summed E-state index contributed by atoms with van der Waals surface area (Å²) in [7, 11) is -1.55. The number of ether oxygens (including phenoxy) is 1. The van der Waals surface area contributed by atoms with Crippen molar-refractivity contribution in [3.8, 4) is 17.6 Å². The standard InChI is InChI=1S/C27H31F4N5O5S.C2H6/c1-41-25-14-18(42(2,32)40)8-9-23(25)33-11-4-5-17-13-19-21(6-3-7-24(19)36(17)16-26(29,30)31)34-22-10-12-35(15-20(22)28)27(37,38)39;1-2/h3,6-9,13-14,20,22,33-34,37-39H,2,10-12,15-16H2,1H3,(H2,32,40);1-2H3. The Kier molecular flexibility index (Phi) is 11.2. The molecule has 10 nitrogen and oxygen atoms in total. The van der Waals surface area contributed by atoms with Crippen LogP contribution in [0.4, 0.5) is 28.9 Å². The van der Waals surface area contributed by atoms with Crippen LogP contribution in [0.25, 0.3) is 10.9 Å². The van der Waals surface area contributed by atoms with Gasteiger partial charge in [0, 0.05) is 29.1 Å². The van der Waals surface area contributed by atoms with E-state index in [4.69, 9.17) is 9.88 Å². The van der Waals surface area contributed by atoms with Crippen molar-refractivity contribution in [3.05, 3.63) is 48.2 Å². The van der Waals surface area contributed by atoms with Crippen molar-refractivity contribution in [2.45, 2.75) is 56.2 Å². The van der Waals surface area contributed by atoms with Gasteiger partial charge in [-0.15, -0.1) is 0 Å². The van der Waals surface area contributed by atoms with Crippen molar-refractivity contribution in [3.63, 3.8) is 0 Å². The van der Waals surface area contributed by atoms with E-state index in [2.05, 4.69) is 28.3 Å². The van der Waals surface area contributed by atoms with Gasteiger partial charge in [0.25, 0.3) is 0 Å². The number of hydrogen-bond donors (Lipinski definition) is 6. The van der Waals surface area contributed by atoms with Crippen LogP contribution in [0.1, 0.15) is 26.0 Å². The van der Waals surface area contributed by atoms with Crippen LogP contribution in [0.3, 0.4) is 0 Å². The lowest BCUT2D eigenvalue weighted by Gasteiger charge is -2.38. The van der Waals surface area contributed by atoms with Crippen LogP contribution < -0.4 is 20.5 Å². The summed E-state index contributed by atoms with van der Waals surface area (Å²) in [5.74, 6) is 9.34. The van der Waals surface area contributed by atoms with Crippen LogP contribution in [0.2, 0.25) is 0 Å². The van der Waals surface area contributed by atoms with Gasteiger partial charge in [-0.3, -0.25) is 5.14 Å². The summed E-state index contributed by atoms with van der Waals surface area (Å²) in [6.07, 6.45) is -9.22. The molecule has 4 rings (SSSR count). The van der Waals surface area contributed by atoms with E-state index < -0.39 is 47.3 Å². The molecule has 0 aliphatic carbocycles. The molecule has 44 heavy (non-hydrogen) atoms. The van der Waals surface area contributed by atoms with Crippen LogP contribution in [-0.2, 0) is 16.3 Å². The molecule has 2 heterocycles. The lowest BCUT2D eigenvalue weighted by atomic mass is 10.0. The van der Waals surface area contributed by atoms with E-state index in [0.717, 1.165) is 9.47 Å². The van der Waals surface area contributed by atoms with Crippen LogP contribution in [0.15, 0.2) is 47.4 Å². The molecule has 0 saturated carbocycles. The topological polar surface area (TPSA) is 145 Å². The molecule has 1 fully saturated rings. The first-order valence-electron chi connectivity index (χ1n) is 13.6. The molecule has 1 aliphatic heterocycles. The Hall–Kier alpha value is -3.52. The number of nitrogens with one attached hydrogen (secondary N) is 2. The van der Waals surface area contributed by atoms with Gasteiger partial charge in [0.2, 0.25) is 0 Å². The van der Waals surface area contributed by atoms with Crippen LogP contribution in [0.5, 0.6) is 5.75 Å². The number of anilines is 2. The first kappa shape index (κ1) is 35.0. The lowest BCUT2D eigenvalue weighted by molar-refractivity contribution is -0.397. The van der Waals surface area contributed by atoms with Gasteiger partial charge in [0.05, 0.1) is 46.3 Å². The number of methoxy groups -OCH3 is 1. The molecule has 1 aromatic heterocycles. The summed E-state index contributed by atoms with van der Waals surface area (Å²) in [6.45, 7) is 2.22. The number of rotatable bonds is 8. The number of nitrogens with zero attached hydrogens (tertiary/aromatic N) is 2. The van der Waals surface area contributed by atoms with E-state index in [1.165, 1.54) is 31.4 Å². The number of alkyl halides is 4. The second-order valence-corrected chi connectivity index (χ2v) is 11.7. The molecule has 7 N–H and O–H groups in total. The number of likely N-dealkylation sites (tertiary alicyclic amines) is 1. The molecule has 0 bridgehead atoms. The Balaban J connectivity index is 0.00000259. The number of benzene rings is 2. The molecule has 3 aromatic rings. The summed E-state index contributed by atoms with van der Waals surface area (Å²) in [5, 5.41) is 40.0. The third-order valence-corrected chi connectivity index (χ3v) is 7.80. The third kappa shape index (κ3) is 8.78. The number of piperidine rings is 1. The highest BCUT2D eigenvalue weighted by Crippen LogP contribution is 2.32. The molecule has 1 saturated heterocycles. The molecule has 0 amide bonds. The van der Waals surface area contributed by atoms with E-state index in [1.54, 1.807) is 18.2 Å². The van der Waals surface area contributed by atoms with Gasteiger partial charge in [-0.1, -0.05) is 25.8 Å². The first-order chi connectivity index (χ1) is 20.6. The Labute approximate surface area is 253 Å². The SMILES string of the molecule is C=S(N)(=O)c1ccc(NCC#Cc2cc3c(NC4CCN(C(O)(O)O)CC4F)cccc3n2CC(F)(F)F)c(OC)c1.CC. The summed E-state index contributed by atoms with van der Waals surface area (Å²) in [6, 6.07) is 9.92. The van der Waals surface area contributed by atoms with E-state index >= 15 is 0 Å². The minimum absolute atomic E-state index is 0.0287. The van der Waals surface area contributed by atoms with Crippen LogP contribution in [-0.4, -0.2) is 86.1 Å². The highest BCUT2D eigenvalue weighted by Gasteiger charge is 2.38. The zero-order valence-electron chi connectivity index (χ0n) is 24.5. The summed E-state index contributed by atoms with van der Waals surface area (Å²) < 4.78 is 73.8. The van der Waals surface area contributed by atoms with Gasteiger partial charge in [-0.2, -0.15) is 13.2 Å². The Morgan fingerprint density at radius 1 is 1.16 bits per heavy atom. The molecule has 242 valence electrons. The molecular weight excluding hydrogens is 606 g/mol. The molecule has 0 spiro atoms. The van der Waals surface area contributed by atoms with Crippen molar-refractivity contribution in [2.24, 2.45) is 5.14 Å². The monoisotopic (exact) mass is 643 g/mol. The van der Waals surface area contributed by atoms with Crippen LogP contribution >= 0.6 is 0 Å². The minimum atomic E-state index is -4.54. The minimum Gasteiger partial charge on any atom is -0.495 e. The van der Waals surface area contributed by atoms with E-state index in [9.17, 15) is 37.1 Å². The highest BCUT2D eigenvalue weighted by atomic mass is 32.2. The summed E-state index contributed by atoms with van der Waals surface area (Å²) >= 11 is 0. The van der Waals surface area contributed by atoms with Crippen molar-refractivity contribution in [1.82, 2.24) is 9.47 Å². The maximum Gasteiger partial charge on any atom is 0.406 e. The van der Waals surface area contributed by atoms with Gasteiger partial charge in [-0.25, -0.2) is 13.5 Å². The molecule has 3 unspecified atom stereocenters. The highest BCUT2D eigenvalue weighted by molar-refractivity contribution is 7.98. The number of hydrogen-bond acceptors (Lipinski definition) is 8. The van der Waals surface area contributed by atoms with Crippen molar-refractivity contribution in [2.75, 3.05) is 37.4 Å². The molecule has 2 aromatic carbocycles. The molecule has 1 aliphatic rings. The van der Waals surface area contributed by atoms with Gasteiger partial charge in [-0.05, 0) is 54.6 Å². The second kappa shape index (κ2) is 14.1. The van der Waals surface area contributed by atoms with Crippen molar-refractivity contribution >= 4 is 37.9 Å². The number of aliphatic hydroxyl groups is 3. The zero-order chi connectivity index (χ0) is 32.9. The maximum absolute atomic E-state index is 14.8. The molecular formula is C29H37F4N5O5S. The smallest absolute Gasteiger partial charge is 0.406 e. The number of halogens is 4. The summed E-state index contributed by atoms with van der Waals surface area (Å²) in [5.41, 5.74) is 1.19. The second-order valence-electron chi connectivity index (χ2n) is 9.81. The fourth-order valence-electron chi connectivity index (χ4n) is 4.71. The Morgan fingerprint density at radius 2 is 1.86 bits per heavy atom. The number of fused-ring (bicyclic) bond motifs is 1. The Morgan fingerprint density at radius 3 is 2.45 bits per heavy atom. The average molecular weight is 644 g/mol. The van der Waals surface area contributed by atoms with E-state index in [-0.39, 0.29) is 35.6 Å². The summed E-state index contributed by atoms with van der Waals surface area (Å²) in [4.78, 5) is 1.05. The van der Waals surface area contributed by atoms with Gasteiger partial charge in [0.1, 0.15) is 18.5 Å². The average Bonchev–Trinajstić information content (AvgIpc) is 3.28. The lowest BCUT2D eigenvalue weighted by Crippen LogP contribution is -2.57. The number of nitrogens with two attached hydrogens (primary N) is 1. The van der Waals surface area contributed by atoms with Crippen LogP contribution in [0, 0.1) is 11.8 Å². The predicted octanol–water partition coefficient (Wildman–Crippen LogP) is 3.06. The van der Waals surface area contributed by atoms with Gasteiger partial charge < -0.3 is 35.3 Å². The Bertz CT molecular complexity index is 1610. The fraction of sp³-hybridized carbons (Fsp3) is 0.414. The van der Waals surface area contributed by atoms with Crippen molar-refractivity contribution in [1.29, 1.82) is 0 Å². The zero-order valence-corrected chi connectivity index (χ0v) is 25.3. The predicted molar refractivity (Wildman–Crippen MR) is 163 cm³/mol. The largest absolute Gasteiger partial charge is 0.495 e. The van der Waals surface area contributed by atoms with Gasteiger partial charge in [0.15, 0.2) is 0 Å². The normalized spacial score (nSPS) is 18.8. The maximum atomic E-state index is 14.8. The third-order valence-electron chi connectivity index (χ3n) is 6.75. The quantitative estimate of drug-likeness (QED) is 0.0952. The van der Waals surface area contributed by atoms with Gasteiger partial charge >= 0.3 is 12.3 Å². The molecule has 0 radical (unpaired) electrons. The van der Waals surface area contributed by atoms with E-state index in [0.29, 0.717) is 22.5 Å². The number of aromatic nitrogens is 1. The van der Waals surface area contributed by atoms with E-state index in [1.807, 2.05) is 13.8 Å². The molecule has 3 atom stereocenters. The fourth-order valence-corrected chi connectivity index (χ4v) is 5.31. The van der Waals surface area contributed by atoms with Crippen molar-refractivity contribution < 1.29 is 41.8 Å².